The number of aryl methyl sites for hydroxylation is 1. The summed E-state index contributed by atoms with van der Waals surface area (Å²) in [4.78, 5) is 57.4. The Labute approximate surface area is 199 Å². The predicted octanol–water partition coefficient (Wildman–Crippen LogP) is -0.0673. The smallest absolute Gasteiger partial charge is 0.325 e. The fraction of sp³-hybridized carbons (Fsp3) is 0.583. The molecule has 0 aliphatic carbocycles. The van der Waals surface area contributed by atoms with Gasteiger partial charge in [-0.25, -0.2) is 4.79 Å². The largest absolute Gasteiger partial charge is 0.378 e. The molecule has 184 valence electrons. The SMILES string of the molecule is C[C@]1(CCc2ccccc2)NC(=O)N(CC(=O)N2CCN(CC(=O)N3CCOCC3)CC2)C1=O. The van der Waals surface area contributed by atoms with Crippen molar-refractivity contribution in [1.82, 2.24) is 24.9 Å². The topological polar surface area (TPSA) is 102 Å². The molecule has 3 aliphatic rings. The van der Waals surface area contributed by atoms with Crippen LogP contribution in [0.3, 0.4) is 0 Å². The summed E-state index contributed by atoms with van der Waals surface area (Å²) in [7, 11) is 0. The monoisotopic (exact) mass is 471 g/mol. The van der Waals surface area contributed by atoms with Gasteiger partial charge in [-0.15, -0.1) is 0 Å². The first kappa shape index (κ1) is 24.2. The summed E-state index contributed by atoms with van der Waals surface area (Å²) in [6, 6.07) is 9.26. The maximum Gasteiger partial charge on any atom is 0.325 e. The van der Waals surface area contributed by atoms with Crippen LogP contribution in [0, 0.1) is 0 Å². The number of carbonyl (C=O) groups is 4. The molecule has 0 radical (unpaired) electrons. The molecule has 34 heavy (non-hydrogen) atoms. The van der Waals surface area contributed by atoms with E-state index in [2.05, 4.69) is 5.32 Å². The van der Waals surface area contributed by atoms with Crippen LogP contribution in [-0.4, -0.2) is 114 Å². The summed E-state index contributed by atoms with van der Waals surface area (Å²) < 4.78 is 5.29. The van der Waals surface area contributed by atoms with Crippen LogP contribution in [0.5, 0.6) is 0 Å². The number of ether oxygens (including phenoxy) is 1. The van der Waals surface area contributed by atoms with E-state index in [0.717, 1.165) is 10.5 Å². The highest BCUT2D eigenvalue weighted by atomic mass is 16.5. The van der Waals surface area contributed by atoms with E-state index in [-0.39, 0.29) is 24.3 Å². The second kappa shape index (κ2) is 10.5. The van der Waals surface area contributed by atoms with Crippen LogP contribution in [0.1, 0.15) is 18.9 Å². The van der Waals surface area contributed by atoms with Gasteiger partial charge in [0, 0.05) is 39.3 Å². The molecule has 5 amide bonds. The molecular weight excluding hydrogens is 438 g/mol. The zero-order valence-electron chi connectivity index (χ0n) is 19.7. The number of hydrogen-bond donors (Lipinski definition) is 1. The van der Waals surface area contributed by atoms with Crippen LogP contribution >= 0.6 is 0 Å². The first-order valence-corrected chi connectivity index (χ1v) is 11.9. The Kier molecular flexibility index (Phi) is 7.47. The fourth-order valence-electron chi connectivity index (χ4n) is 4.59. The summed E-state index contributed by atoms with van der Waals surface area (Å²) in [5.41, 5.74) is 0.0661. The molecule has 0 bridgehead atoms. The first-order chi connectivity index (χ1) is 16.4. The van der Waals surface area contributed by atoms with E-state index in [1.807, 2.05) is 40.1 Å². The Morgan fingerprint density at radius 3 is 2.21 bits per heavy atom. The molecule has 1 atom stereocenters. The molecule has 10 heteroatoms. The normalized spacial score (nSPS) is 23.9. The van der Waals surface area contributed by atoms with Gasteiger partial charge in [0.2, 0.25) is 11.8 Å². The van der Waals surface area contributed by atoms with Crippen molar-refractivity contribution < 1.29 is 23.9 Å². The molecule has 3 saturated heterocycles. The number of carbonyl (C=O) groups excluding carboxylic acids is 4. The zero-order chi connectivity index (χ0) is 24.1. The average Bonchev–Trinajstić information content (AvgIpc) is 3.07. The van der Waals surface area contributed by atoms with Crippen molar-refractivity contribution in [1.29, 1.82) is 0 Å². The number of imide groups is 1. The minimum Gasteiger partial charge on any atom is -0.378 e. The number of morpholine rings is 1. The molecule has 3 heterocycles. The van der Waals surface area contributed by atoms with Crippen LogP contribution in [0.25, 0.3) is 0 Å². The maximum absolute atomic E-state index is 13.0. The minimum atomic E-state index is -1.02. The molecule has 0 spiro atoms. The summed E-state index contributed by atoms with van der Waals surface area (Å²) in [5.74, 6) is -0.538. The fourth-order valence-corrected chi connectivity index (χ4v) is 4.59. The molecule has 4 rings (SSSR count). The van der Waals surface area contributed by atoms with E-state index in [0.29, 0.717) is 71.9 Å². The highest BCUT2D eigenvalue weighted by Gasteiger charge is 2.48. The lowest BCUT2D eigenvalue weighted by atomic mass is 9.93. The van der Waals surface area contributed by atoms with E-state index >= 15 is 0 Å². The maximum atomic E-state index is 13.0. The van der Waals surface area contributed by atoms with Crippen LogP contribution in [-0.2, 0) is 25.5 Å². The third kappa shape index (κ3) is 5.56. The molecule has 3 fully saturated rings. The zero-order valence-corrected chi connectivity index (χ0v) is 19.7. The lowest BCUT2D eigenvalue weighted by Crippen LogP contribution is -2.54. The predicted molar refractivity (Wildman–Crippen MR) is 124 cm³/mol. The molecule has 1 aromatic rings. The highest BCUT2D eigenvalue weighted by Crippen LogP contribution is 2.23. The van der Waals surface area contributed by atoms with Gasteiger partial charge in [-0.1, -0.05) is 30.3 Å². The number of amides is 5. The van der Waals surface area contributed by atoms with Gasteiger partial charge >= 0.3 is 6.03 Å². The van der Waals surface area contributed by atoms with E-state index < -0.39 is 11.6 Å². The number of nitrogens with zero attached hydrogens (tertiary/aromatic N) is 4. The molecule has 1 N–H and O–H groups in total. The Balaban J connectivity index is 1.24. The van der Waals surface area contributed by atoms with Crippen LogP contribution in [0.2, 0.25) is 0 Å². The molecule has 3 aliphatic heterocycles. The second-order valence-corrected chi connectivity index (χ2v) is 9.29. The van der Waals surface area contributed by atoms with Crippen molar-refractivity contribution in [2.24, 2.45) is 0 Å². The Hall–Kier alpha value is -2.98. The molecule has 0 saturated carbocycles. The third-order valence-electron chi connectivity index (χ3n) is 6.84. The number of rotatable bonds is 7. The van der Waals surface area contributed by atoms with Crippen LogP contribution in [0.4, 0.5) is 4.79 Å². The third-order valence-corrected chi connectivity index (χ3v) is 6.84. The highest BCUT2D eigenvalue weighted by molar-refractivity contribution is 6.08. The van der Waals surface area contributed by atoms with Crippen molar-refractivity contribution >= 4 is 23.8 Å². The lowest BCUT2D eigenvalue weighted by molar-refractivity contribution is -0.141. The van der Waals surface area contributed by atoms with Crippen LogP contribution in [0.15, 0.2) is 30.3 Å². The van der Waals surface area contributed by atoms with E-state index in [4.69, 9.17) is 4.74 Å². The van der Waals surface area contributed by atoms with Gasteiger partial charge in [-0.2, -0.15) is 0 Å². The Morgan fingerprint density at radius 2 is 1.53 bits per heavy atom. The molecule has 1 aromatic carbocycles. The summed E-state index contributed by atoms with van der Waals surface area (Å²) >= 11 is 0. The van der Waals surface area contributed by atoms with Gasteiger partial charge in [0.25, 0.3) is 5.91 Å². The number of hydrogen-bond acceptors (Lipinski definition) is 6. The van der Waals surface area contributed by atoms with Crippen molar-refractivity contribution in [3.8, 4) is 0 Å². The number of urea groups is 1. The average molecular weight is 472 g/mol. The lowest BCUT2D eigenvalue weighted by Gasteiger charge is -2.36. The van der Waals surface area contributed by atoms with Gasteiger partial charge < -0.3 is 19.9 Å². The van der Waals surface area contributed by atoms with Crippen molar-refractivity contribution in [3.63, 3.8) is 0 Å². The summed E-state index contributed by atoms with van der Waals surface area (Å²) in [6.45, 7) is 6.24. The molecule has 0 aromatic heterocycles. The van der Waals surface area contributed by atoms with E-state index in [9.17, 15) is 19.2 Å². The first-order valence-electron chi connectivity index (χ1n) is 11.9. The quantitative estimate of drug-likeness (QED) is 0.559. The number of benzene rings is 1. The van der Waals surface area contributed by atoms with Crippen molar-refractivity contribution in [3.05, 3.63) is 35.9 Å². The minimum absolute atomic E-state index is 0.0807. The number of piperazine rings is 1. The Morgan fingerprint density at radius 1 is 0.912 bits per heavy atom. The van der Waals surface area contributed by atoms with Gasteiger partial charge in [0.15, 0.2) is 0 Å². The van der Waals surface area contributed by atoms with Crippen molar-refractivity contribution in [2.45, 2.75) is 25.3 Å². The van der Waals surface area contributed by atoms with Gasteiger partial charge in [-0.05, 0) is 25.3 Å². The van der Waals surface area contributed by atoms with Gasteiger partial charge in [0.1, 0.15) is 12.1 Å². The van der Waals surface area contributed by atoms with E-state index in [1.54, 1.807) is 11.8 Å². The van der Waals surface area contributed by atoms with E-state index in [1.165, 1.54) is 0 Å². The second-order valence-electron chi connectivity index (χ2n) is 9.29. The standard InChI is InChI=1S/C24H33N5O5/c1-24(8-7-19-5-3-2-4-6-19)22(32)29(23(33)25-24)18-21(31)27-11-9-26(10-12-27)17-20(30)28-13-15-34-16-14-28/h2-6H,7-18H2,1H3,(H,25,33)/t24-/m1/s1. The molecule has 0 unspecified atom stereocenters. The van der Waals surface area contributed by atoms with Gasteiger partial charge in [0.05, 0.1) is 19.8 Å². The summed E-state index contributed by atoms with van der Waals surface area (Å²) in [6.07, 6.45) is 1.11. The van der Waals surface area contributed by atoms with Crippen molar-refractivity contribution in [2.75, 3.05) is 65.6 Å². The molecular formula is C24H33N5O5. The Bertz CT molecular complexity index is 912. The summed E-state index contributed by atoms with van der Waals surface area (Å²) in [5, 5.41) is 2.78. The van der Waals surface area contributed by atoms with Gasteiger partial charge in [-0.3, -0.25) is 24.2 Å². The van der Waals surface area contributed by atoms with Crippen LogP contribution < -0.4 is 5.32 Å². The molecule has 10 nitrogen and oxygen atoms in total. The number of nitrogens with one attached hydrogen (secondary N) is 1.